The standard InChI is InChI=1S/C19H25ClF2N4O2.HI/c1-4-15-14(16(5-2)28-26-15)11-25-19(23-6-3)24-10-12-9-13(20)7-8-17(12)27-18(21)22;/h7-9,18H,4-6,10-11H2,1-3H3,(H2,23,24,25);1H. The summed E-state index contributed by atoms with van der Waals surface area (Å²) in [5.41, 5.74) is 2.39. The smallest absolute Gasteiger partial charge is 0.387 e. The molecule has 29 heavy (non-hydrogen) atoms. The molecule has 0 aliphatic rings. The number of benzene rings is 1. The first-order valence-corrected chi connectivity index (χ1v) is 9.57. The number of aliphatic imine (C=N–C) groups is 1. The molecule has 0 aliphatic carbocycles. The third kappa shape index (κ3) is 7.61. The lowest BCUT2D eigenvalue weighted by molar-refractivity contribution is -0.0504. The number of guanidine groups is 1. The highest BCUT2D eigenvalue weighted by molar-refractivity contribution is 14.0. The SMILES string of the molecule is CCNC(=NCc1cc(Cl)ccc1OC(F)F)NCc1c(CC)noc1CC.I. The van der Waals surface area contributed by atoms with E-state index in [1.54, 1.807) is 6.07 Å². The van der Waals surface area contributed by atoms with E-state index in [1.807, 2.05) is 20.8 Å². The van der Waals surface area contributed by atoms with Crippen LogP contribution in [0, 0.1) is 0 Å². The lowest BCUT2D eigenvalue weighted by Gasteiger charge is -2.13. The summed E-state index contributed by atoms with van der Waals surface area (Å²) in [6.07, 6.45) is 1.51. The van der Waals surface area contributed by atoms with Crippen molar-refractivity contribution >= 4 is 41.5 Å². The average molecular weight is 543 g/mol. The van der Waals surface area contributed by atoms with Gasteiger partial charge < -0.3 is 19.9 Å². The van der Waals surface area contributed by atoms with Gasteiger partial charge >= 0.3 is 6.61 Å². The van der Waals surface area contributed by atoms with Gasteiger partial charge in [-0.25, -0.2) is 4.99 Å². The van der Waals surface area contributed by atoms with Gasteiger partial charge in [0.2, 0.25) is 0 Å². The van der Waals surface area contributed by atoms with Crippen molar-refractivity contribution in [3.05, 3.63) is 45.8 Å². The predicted octanol–water partition coefficient (Wildman–Crippen LogP) is 4.93. The van der Waals surface area contributed by atoms with E-state index in [1.165, 1.54) is 12.1 Å². The van der Waals surface area contributed by atoms with Crippen LogP contribution in [-0.4, -0.2) is 24.3 Å². The second kappa shape index (κ2) is 12.8. The van der Waals surface area contributed by atoms with Crippen molar-refractivity contribution in [3.63, 3.8) is 0 Å². The van der Waals surface area contributed by atoms with E-state index < -0.39 is 6.61 Å². The van der Waals surface area contributed by atoms with E-state index in [0.29, 0.717) is 29.6 Å². The molecule has 0 saturated heterocycles. The normalized spacial score (nSPS) is 11.3. The topological polar surface area (TPSA) is 71.7 Å². The minimum Gasteiger partial charge on any atom is -0.434 e. The molecular weight excluding hydrogens is 517 g/mol. The molecule has 0 bridgehead atoms. The Bertz CT molecular complexity index is 781. The van der Waals surface area contributed by atoms with Crippen molar-refractivity contribution in [1.29, 1.82) is 0 Å². The molecule has 0 saturated carbocycles. The minimum atomic E-state index is -2.91. The van der Waals surface area contributed by atoms with Gasteiger partial charge in [0.25, 0.3) is 0 Å². The fraction of sp³-hybridized carbons (Fsp3) is 0.474. The van der Waals surface area contributed by atoms with Crippen LogP contribution in [0.1, 0.15) is 43.4 Å². The van der Waals surface area contributed by atoms with Gasteiger partial charge in [-0.2, -0.15) is 8.78 Å². The molecule has 0 atom stereocenters. The van der Waals surface area contributed by atoms with E-state index in [0.717, 1.165) is 29.9 Å². The van der Waals surface area contributed by atoms with Gasteiger partial charge in [0.1, 0.15) is 11.5 Å². The number of alkyl halides is 2. The van der Waals surface area contributed by atoms with Crippen molar-refractivity contribution in [2.45, 2.75) is 53.3 Å². The van der Waals surface area contributed by atoms with Crippen LogP contribution in [0.4, 0.5) is 8.78 Å². The number of nitrogens with zero attached hydrogens (tertiary/aromatic N) is 2. The summed E-state index contributed by atoms with van der Waals surface area (Å²) < 4.78 is 35.1. The summed E-state index contributed by atoms with van der Waals surface area (Å²) in [6.45, 7) is 4.32. The van der Waals surface area contributed by atoms with Crippen LogP contribution in [0.3, 0.4) is 0 Å². The number of hydrogen-bond acceptors (Lipinski definition) is 4. The number of ether oxygens (including phenoxy) is 1. The second-order valence-corrected chi connectivity index (χ2v) is 6.35. The number of halogens is 4. The lowest BCUT2D eigenvalue weighted by Crippen LogP contribution is -2.37. The largest absolute Gasteiger partial charge is 0.434 e. The maximum atomic E-state index is 12.6. The molecule has 0 radical (unpaired) electrons. The van der Waals surface area contributed by atoms with Gasteiger partial charge in [-0.15, -0.1) is 24.0 Å². The van der Waals surface area contributed by atoms with Gasteiger partial charge in [0.05, 0.1) is 12.2 Å². The Morgan fingerprint density at radius 1 is 1.24 bits per heavy atom. The molecule has 2 N–H and O–H groups in total. The fourth-order valence-electron chi connectivity index (χ4n) is 2.70. The third-order valence-corrected chi connectivity index (χ3v) is 4.27. The summed E-state index contributed by atoms with van der Waals surface area (Å²) in [5.74, 6) is 1.43. The molecule has 1 aromatic heterocycles. The molecule has 2 aromatic rings. The monoisotopic (exact) mass is 542 g/mol. The summed E-state index contributed by atoms with van der Waals surface area (Å²) in [6, 6.07) is 4.48. The number of aryl methyl sites for hydroxylation is 2. The zero-order valence-corrected chi connectivity index (χ0v) is 19.7. The Kier molecular flexibility index (Phi) is 11.3. The van der Waals surface area contributed by atoms with Crippen LogP contribution in [0.25, 0.3) is 0 Å². The van der Waals surface area contributed by atoms with Gasteiger partial charge in [-0.1, -0.05) is 30.6 Å². The quantitative estimate of drug-likeness (QED) is 0.267. The Morgan fingerprint density at radius 2 is 2.00 bits per heavy atom. The van der Waals surface area contributed by atoms with Crippen LogP contribution < -0.4 is 15.4 Å². The van der Waals surface area contributed by atoms with E-state index >= 15 is 0 Å². The number of nitrogens with one attached hydrogen (secondary N) is 2. The Morgan fingerprint density at radius 3 is 2.62 bits per heavy atom. The zero-order chi connectivity index (χ0) is 20.5. The maximum Gasteiger partial charge on any atom is 0.387 e. The minimum absolute atomic E-state index is 0. The molecule has 1 aromatic carbocycles. The van der Waals surface area contributed by atoms with Gasteiger partial charge in [-0.3, -0.25) is 0 Å². The predicted molar refractivity (Wildman–Crippen MR) is 120 cm³/mol. The highest BCUT2D eigenvalue weighted by Crippen LogP contribution is 2.25. The van der Waals surface area contributed by atoms with Crippen molar-refractivity contribution in [2.75, 3.05) is 6.54 Å². The first-order chi connectivity index (χ1) is 13.5. The van der Waals surface area contributed by atoms with Gasteiger partial charge in [0.15, 0.2) is 5.96 Å². The molecule has 0 aliphatic heterocycles. The van der Waals surface area contributed by atoms with E-state index in [-0.39, 0.29) is 36.3 Å². The Balaban J connectivity index is 0.00000420. The number of aromatic nitrogens is 1. The van der Waals surface area contributed by atoms with E-state index in [2.05, 4.69) is 25.5 Å². The molecule has 2 rings (SSSR count). The molecular formula is C19H26ClF2IN4O2. The van der Waals surface area contributed by atoms with Crippen molar-refractivity contribution in [1.82, 2.24) is 15.8 Å². The third-order valence-electron chi connectivity index (χ3n) is 4.03. The summed E-state index contributed by atoms with van der Waals surface area (Å²) in [7, 11) is 0. The van der Waals surface area contributed by atoms with Gasteiger partial charge in [-0.05, 0) is 31.5 Å². The van der Waals surface area contributed by atoms with Crippen molar-refractivity contribution in [3.8, 4) is 5.75 Å². The van der Waals surface area contributed by atoms with Crippen LogP contribution >= 0.6 is 35.6 Å². The summed E-state index contributed by atoms with van der Waals surface area (Å²) >= 11 is 5.99. The summed E-state index contributed by atoms with van der Waals surface area (Å²) in [5, 5.41) is 10.9. The molecule has 0 fully saturated rings. The molecule has 162 valence electrons. The summed E-state index contributed by atoms with van der Waals surface area (Å²) in [4.78, 5) is 4.46. The van der Waals surface area contributed by atoms with Crippen LogP contribution in [0.5, 0.6) is 5.75 Å². The Hall–Kier alpha value is -1.62. The highest BCUT2D eigenvalue weighted by Gasteiger charge is 2.14. The van der Waals surface area contributed by atoms with Crippen LogP contribution in [-0.2, 0) is 25.9 Å². The van der Waals surface area contributed by atoms with E-state index in [4.69, 9.17) is 16.1 Å². The van der Waals surface area contributed by atoms with Crippen LogP contribution in [0.15, 0.2) is 27.7 Å². The van der Waals surface area contributed by atoms with Crippen molar-refractivity contribution < 1.29 is 18.0 Å². The second-order valence-electron chi connectivity index (χ2n) is 5.92. The van der Waals surface area contributed by atoms with Crippen molar-refractivity contribution in [2.24, 2.45) is 4.99 Å². The zero-order valence-electron chi connectivity index (χ0n) is 16.6. The number of hydrogen-bond donors (Lipinski definition) is 2. The van der Waals surface area contributed by atoms with E-state index in [9.17, 15) is 8.78 Å². The lowest BCUT2D eigenvalue weighted by atomic mass is 10.1. The average Bonchev–Trinajstić information content (AvgIpc) is 3.07. The highest BCUT2D eigenvalue weighted by atomic mass is 127. The first-order valence-electron chi connectivity index (χ1n) is 9.20. The molecule has 6 nitrogen and oxygen atoms in total. The number of rotatable bonds is 9. The fourth-order valence-corrected chi connectivity index (χ4v) is 2.89. The molecule has 10 heteroatoms. The first kappa shape index (κ1) is 25.4. The van der Waals surface area contributed by atoms with Crippen LogP contribution in [0.2, 0.25) is 5.02 Å². The maximum absolute atomic E-state index is 12.6. The molecule has 0 spiro atoms. The van der Waals surface area contributed by atoms with Gasteiger partial charge in [0, 0.05) is 35.7 Å². The molecule has 1 heterocycles. The molecule has 0 unspecified atom stereocenters. The molecule has 0 amide bonds. The Labute approximate surface area is 191 Å².